The number of rotatable bonds is 13. The summed E-state index contributed by atoms with van der Waals surface area (Å²) in [6.07, 6.45) is 3.38. The minimum Gasteiger partial charge on any atom is -0.490 e. The average Bonchev–Trinajstić information content (AvgIpc) is 3.46. The second-order valence-electron chi connectivity index (χ2n) is 7.05. The number of alkyl halides is 2. The van der Waals surface area contributed by atoms with Gasteiger partial charge in [-0.2, -0.15) is 8.78 Å². The van der Waals surface area contributed by atoms with Crippen LogP contribution in [0.5, 0.6) is 11.5 Å². The Morgan fingerprint density at radius 3 is 2.59 bits per heavy atom. The second kappa shape index (κ2) is 11.8. The summed E-state index contributed by atoms with van der Waals surface area (Å²) in [6.45, 7) is 6.43. The fraction of sp³-hybridized carbons (Fsp3) is 0.667. The lowest BCUT2D eigenvalue weighted by molar-refractivity contribution is -0.0520. The van der Waals surface area contributed by atoms with Crippen molar-refractivity contribution in [3.8, 4) is 11.5 Å². The second-order valence-corrected chi connectivity index (χ2v) is 7.05. The minimum atomic E-state index is -2.93. The van der Waals surface area contributed by atoms with Crippen molar-refractivity contribution in [3.05, 3.63) is 23.8 Å². The molecule has 164 valence electrons. The molecule has 29 heavy (non-hydrogen) atoms. The maximum Gasteiger partial charge on any atom is 0.387 e. The van der Waals surface area contributed by atoms with E-state index in [4.69, 9.17) is 14.2 Å². The summed E-state index contributed by atoms with van der Waals surface area (Å²) in [5, 5.41) is 6.59. The van der Waals surface area contributed by atoms with Crippen molar-refractivity contribution < 1.29 is 23.0 Å². The summed E-state index contributed by atoms with van der Waals surface area (Å²) >= 11 is 0. The lowest BCUT2D eigenvalue weighted by Gasteiger charge is -2.19. The van der Waals surface area contributed by atoms with Crippen molar-refractivity contribution in [2.75, 3.05) is 32.9 Å². The normalized spacial score (nSPS) is 15.3. The molecular weight excluding hydrogens is 380 g/mol. The molecule has 8 heteroatoms. The van der Waals surface area contributed by atoms with Crippen LogP contribution >= 0.6 is 0 Å². The summed E-state index contributed by atoms with van der Waals surface area (Å²) in [5.74, 6) is 0.991. The number of aliphatic imine (C=N–C) groups is 1. The monoisotopic (exact) mass is 413 g/mol. The zero-order valence-electron chi connectivity index (χ0n) is 17.6. The molecule has 1 fully saturated rings. The van der Waals surface area contributed by atoms with Gasteiger partial charge in [0, 0.05) is 31.9 Å². The van der Waals surface area contributed by atoms with Crippen molar-refractivity contribution >= 4 is 5.96 Å². The van der Waals surface area contributed by atoms with Crippen LogP contribution in [0, 0.1) is 5.41 Å². The zero-order valence-corrected chi connectivity index (χ0v) is 17.6. The van der Waals surface area contributed by atoms with Crippen molar-refractivity contribution in [1.29, 1.82) is 0 Å². The van der Waals surface area contributed by atoms with Crippen molar-refractivity contribution in [2.24, 2.45) is 10.4 Å². The molecule has 0 atom stereocenters. The maximum absolute atomic E-state index is 12.9. The van der Waals surface area contributed by atoms with Crippen LogP contribution in [0.2, 0.25) is 0 Å². The minimum absolute atomic E-state index is 0.0410. The van der Waals surface area contributed by atoms with E-state index in [0.717, 1.165) is 26.2 Å². The molecule has 1 aromatic carbocycles. The van der Waals surface area contributed by atoms with E-state index in [1.165, 1.54) is 12.8 Å². The van der Waals surface area contributed by atoms with E-state index in [9.17, 15) is 8.78 Å². The molecule has 2 N–H and O–H groups in total. The van der Waals surface area contributed by atoms with Gasteiger partial charge in [-0.15, -0.1) is 0 Å². The van der Waals surface area contributed by atoms with E-state index in [2.05, 4.69) is 15.6 Å². The van der Waals surface area contributed by atoms with E-state index in [-0.39, 0.29) is 17.7 Å². The molecule has 0 aliphatic heterocycles. The van der Waals surface area contributed by atoms with Gasteiger partial charge in [-0.25, -0.2) is 4.99 Å². The molecule has 0 heterocycles. The molecule has 6 nitrogen and oxygen atoms in total. The third kappa shape index (κ3) is 7.68. The number of halogens is 2. The Hall–Kier alpha value is -2.09. The van der Waals surface area contributed by atoms with Crippen LogP contribution in [0.15, 0.2) is 23.2 Å². The van der Waals surface area contributed by atoms with Crippen LogP contribution in [0.4, 0.5) is 8.78 Å². The van der Waals surface area contributed by atoms with Gasteiger partial charge in [0.05, 0.1) is 13.2 Å². The fourth-order valence-corrected chi connectivity index (χ4v) is 3.08. The number of hydrogen-bond donors (Lipinski definition) is 2. The highest BCUT2D eigenvalue weighted by Gasteiger charge is 2.41. The number of ether oxygens (including phenoxy) is 3. The van der Waals surface area contributed by atoms with Gasteiger partial charge < -0.3 is 24.8 Å². The fourth-order valence-electron chi connectivity index (χ4n) is 3.08. The van der Waals surface area contributed by atoms with Gasteiger partial charge in [0.15, 0.2) is 17.5 Å². The van der Waals surface area contributed by atoms with Crippen LogP contribution in [0.3, 0.4) is 0 Å². The molecule has 0 radical (unpaired) electrons. The van der Waals surface area contributed by atoms with Crippen LogP contribution in [0.25, 0.3) is 0 Å². The van der Waals surface area contributed by atoms with Crippen LogP contribution in [-0.4, -0.2) is 45.5 Å². The lowest BCUT2D eigenvalue weighted by atomic mass is 10.0. The molecule has 2 rings (SSSR count). The van der Waals surface area contributed by atoms with E-state index in [1.807, 2.05) is 13.8 Å². The molecule has 0 saturated heterocycles. The van der Waals surface area contributed by atoms with E-state index in [0.29, 0.717) is 30.4 Å². The number of guanidine groups is 1. The van der Waals surface area contributed by atoms with Crippen LogP contribution < -0.4 is 20.1 Å². The molecule has 1 aliphatic rings. The molecular formula is C21H33F2N3O3. The number of para-hydroxylation sites is 1. The Balaban J connectivity index is 2.05. The first kappa shape index (κ1) is 23.2. The first-order valence-corrected chi connectivity index (χ1v) is 10.3. The lowest BCUT2D eigenvalue weighted by Crippen LogP contribution is -2.40. The number of hydrogen-bond acceptors (Lipinski definition) is 4. The molecule has 1 aromatic rings. The predicted octanol–water partition coefficient (Wildman–Crippen LogP) is 3.95. The highest BCUT2D eigenvalue weighted by atomic mass is 19.3. The first-order valence-electron chi connectivity index (χ1n) is 10.3. The summed E-state index contributed by atoms with van der Waals surface area (Å²) in [4.78, 5) is 4.56. The molecule has 1 aliphatic carbocycles. The van der Waals surface area contributed by atoms with Crippen LogP contribution in [0.1, 0.15) is 45.6 Å². The van der Waals surface area contributed by atoms with Crippen LogP contribution in [-0.2, 0) is 11.3 Å². The molecule has 0 unspecified atom stereocenters. The Morgan fingerprint density at radius 2 is 1.97 bits per heavy atom. The Morgan fingerprint density at radius 1 is 1.17 bits per heavy atom. The molecule has 0 spiro atoms. The quantitative estimate of drug-likeness (QED) is 0.291. The number of benzene rings is 1. The molecule has 0 bridgehead atoms. The Kier molecular flexibility index (Phi) is 9.44. The third-order valence-corrected chi connectivity index (χ3v) is 4.89. The van der Waals surface area contributed by atoms with Gasteiger partial charge >= 0.3 is 6.61 Å². The summed E-state index contributed by atoms with van der Waals surface area (Å²) in [6, 6.07) is 5.09. The summed E-state index contributed by atoms with van der Waals surface area (Å²) < 4.78 is 41.4. The van der Waals surface area contributed by atoms with Gasteiger partial charge in [0.25, 0.3) is 0 Å². The smallest absolute Gasteiger partial charge is 0.387 e. The summed E-state index contributed by atoms with van der Waals surface area (Å²) in [5.41, 5.74) is 0.815. The van der Waals surface area contributed by atoms with E-state index >= 15 is 0 Å². The van der Waals surface area contributed by atoms with Gasteiger partial charge in [0.1, 0.15) is 0 Å². The largest absolute Gasteiger partial charge is 0.490 e. The van der Waals surface area contributed by atoms with Crippen molar-refractivity contribution in [2.45, 2.75) is 53.2 Å². The molecule has 0 amide bonds. The predicted molar refractivity (Wildman–Crippen MR) is 110 cm³/mol. The SMILES string of the molecule is CCNC(=NCc1cccc(OCC)c1OC(F)F)NCC1(CCOCC)CC1. The van der Waals surface area contributed by atoms with Crippen molar-refractivity contribution in [3.63, 3.8) is 0 Å². The average molecular weight is 414 g/mol. The topological polar surface area (TPSA) is 64.1 Å². The van der Waals surface area contributed by atoms with Gasteiger partial charge in [0.2, 0.25) is 0 Å². The van der Waals surface area contributed by atoms with Gasteiger partial charge in [-0.3, -0.25) is 0 Å². The van der Waals surface area contributed by atoms with Gasteiger partial charge in [-0.1, -0.05) is 12.1 Å². The molecule has 0 aromatic heterocycles. The standard InChI is InChI=1S/C21H33F2N3O3/c1-4-24-20(26-15-21(10-11-21)12-13-27-5-2)25-14-16-8-7-9-17(28-6-3)18(16)29-19(22)23/h7-9,19H,4-6,10-15H2,1-3H3,(H2,24,25,26). The third-order valence-electron chi connectivity index (χ3n) is 4.89. The number of nitrogens with one attached hydrogen (secondary N) is 2. The maximum atomic E-state index is 12.9. The van der Waals surface area contributed by atoms with Crippen molar-refractivity contribution in [1.82, 2.24) is 10.6 Å². The zero-order chi connectivity index (χ0) is 21.1. The van der Waals surface area contributed by atoms with E-state index in [1.54, 1.807) is 25.1 Å². The van der Waals surface area contributed by atoms with E-state index < -0.39 is 6.61 Å². The first-order chi connectivity index (χ1) is 14.0. The highest BCUT2D eigenvalue weighted by Crippen LogP contribution is 2.48. The van der Waals surface area contributed by atoms with Gasteiger partial charge in [-0.05, 0) is 51.5 Å². The Bertz CT molecular complexity index is 652. The molecule has 1 saturated carbocycles. The summed E-state index contributed by atoms with van der Waals surface area (Å²) in [7, 11) is 0. The highest BCUT2D eigenvalue weighted by molar-refractivity contribution is 5.79. The Labute approximate surface area is 172 Å². The number of nitrogens with zero attached hydrogens (tertiary/aromatic N) is 1.